The van der Waals surface area contributed by atoms with Gasteiger partial charge in [0.15, 0.2) is 0 Å². The summed E-state index contributed by atoms with van der Waals surface area (Å²) in [6.45, 7) is 6.06. The third kappa shape index (κ3) is 7.53. The minimum atomic E-state index is -0.351. The van der Waals surface area contributed by atoms with Crippen LogP contribution in [0.5, 0.6) is 0 Å². The van der Waals surface area contributed by atoms with Gasteiger partial charge in [0.1, 0.15) is 5.76 Å². The second-order valence-corrected chi connectivity index (χ2v) is 8.53. The molecule has 0 atom stereocenters. The van der Waals surface area contributed by atoms with Crippen LogP contribution in [0.3, 0.4) is 0 Å². The van der Waals surface area contributed by atoms with Crippen molar-refractivity contribution in [1.82, 2.24) is 10.6 Å². The van der Waals surface area contributed by atoms with Gasteiger partial charge < -0.3 is 25.7 Å². The average molecular weight is 449 g/mol. The normalized spacial score (nSPS) is 10.9. The number of anilines is 2. The monoisotopic (exact) mass is 448 g/mol. The van der Waals surface area contributed by atoms with E-state index in [9.17, 15) is 14.4 Å². The molecule has 0 fully saturated rings. The molecule has 0 radical (unpaired) electrons. The lowest BCUT2D eigenvalue weighted by Crippen LogP contribution is -2.40. The zero-order valence-corrected chi connectivity index (χ0v) is 18.9. The van der Waals surface area contributed by atoms with Crippen molar-refractivity contribution in [3.05, 3.63) is 83.8 Å². The van der Waals surface area contributed by atoms with Gasteiger partial charge in [0, 0.05) is 28.0 Å². The van der Waals surface area contributed by atoms with Crippen molar-refractivity contribution in [3.63, 3.8) is 0 Å². The van der Waals surface area contributed by atoms with Crippen LogP contribution in [0.15, 0.2) is 71.3 Å². The highest BCUT2D eigenvalue weighted by atomic mass is 16.3. The van der Waals surface area contributed by atoms with Gasteiger partial charge in [-0.15, -0.1) is 0 Å². The lowest BCUT2D eigenvalue weighted by Gasteiger charge is -2.20. The molecule has 172 valence electrons. The van der Waals surface area contributed by atoms with Crippen LogP contribution >= 0.6 is 0 Å². The van der Waals surface area contributed by atoms with Crippen LogP contribution in [-0.2, 0) is 11.3 Å². The zero-order chi connectivity index (χ0) is 23.8. The Morgan fingerprint density at radius 3 is 2.27 bits per heavy atom. The Labute approximate surface area is 192 Å². The lowest BCUT2D eigenvalue weighted by molar-refractivity contribution is -0.114. The zero-order valence-electron chi connectivity index (χ0n) is 18.9. The second kappa shape index (κ2) is 10.5. The van der Waals surface area contributed by atoms with Crippen molar-refractivity contribution in [2.45, 2.75) is 32.9 Å². The molecule has 0 bridgehead atoms. The molecule has 0 saturated carbocycles. The third-order valence-electron chi connectivity index (χ3n) is 4.50. The number of hydrogen-bond donors (Lipinski definition) is 4. The maximum Gasteiger partial charge on any atom is 0.251 e. The first-order valence-electron chi connectivity index (χ1n) is 10.6. The van der Waals surface area contributed by atoms with Crippen LogP contribution in [0.25, 0.3) is 0 Å². The lowest BCUT2D eigenvalue weighted by atomic mass is 10.1. The topological polar surface area (TPSA) is 112 Å². The Balaban J connectivity index is 1.48. The summed E-state index contributed by atoms with van der Waals surface area (Å²) in [5, 5.41) is 11.5. The predicted molar refractivity (Wildman–Crippen MR) is 127 cm³/mol. The SMILES string of the molecule is CC(C)(C)NC(=O)c1cccc(NC(=O)CNc2ccc(C(=O)NCc3ccco3)cc2)c1. The molecule has 0 aliphatic carbocycles. The highest BCUT2D eigenvalue weighted by molar-refractivity contribution is 5.98. The van der Waals surface area contributed by atoms with E-state index < -0.39 is 0 Å². The van der Waals surface area contributed by atoms with E-state index in [1.165, 1.54) is 0 Å². The van der Waals surface area contributed by atoms with E-state index in [4.69, 9.17) is 4.42 Å². The number of hydrogen-bond acceptors (Lipinski definition) is 5. The van der Waals surface area contributed by atoms with E-state index >= 15 is 0 Å². The van der Waals surface area contributed by atoms with E-state index in [-0.39, 0.29) is 29.8 Å². The maximum absolute atomic E-state index is 12.3. The fourth-order valence-corrected chi connectivity index (χ4v) is 2.96. The van der Waals surface area contributed by atoms with Crippen molar-refractivity contribution in [3.8, 4) is 0 Å². The van der Waals surface area contributed by atoms with Gasteiger partial charge in [0.05, 0.1) is 19.4 Å². The number of rotatable bonds is 8. The Bertz CT molecular complexity index is 1100. The minimum Gasteiger partial charge on any atom is -0.467 e. The molecule has 0 saturated heterocycles. The summed E-state index contributed by atoms with van der Waals surface area (Å²) in [5.41, 5.74) is 1.85. The van der Waals surface area contributed by atoms with E-state index in [0.29, 0.717) is 34.8 Å². The maximum atomic E-state index is 12.3. The molecule has 1 aromatic heterocycles. The molecular formula is C25H28N4O4. The van der Waals surface area contributed by atoms with E-state index in [1.54, 1.807) is 66.9 Å². The van der Waals surface area contributed by atoms with Crippen molar-refractivity contribution in [2.75, 3.05) is 17.2 Å². The van der Waals surface area contributed by atoms with E-state index in [0.717, 1.165) is 0 Å². The Morgan fingerprint density at radius 2 is 1.61 bits per heavy atom. The molecule has 2 aromatic carbocycles. The van der Waals surface area contributed by atoms with Crippen molar-refractivity contribution >= 4 is 29.1 Å². The summed E-state index contributed by atoms with van der Waals surface area (Å²) in [6.07, 6.45) is 1.55. The first kappa shape index (κ1) is 23.6. The molecule has 0 aliphatic heterocycles. The molecule has 33 heavy (non-hydrogen) atoms. The number of amides is 3. The van der Waals surface area contributed by atoms with Gasteiger partial charge >= 0.3 is 0 Å². The molecule has 3 amide bonds. The number of furan rings is 1. The largest absolute Gasteiger partial charge is 0.467 e. The Morgan fingerprint density at radius 1 is 0.848 bits per heavy atom. The van der Waals surface area contributed by atoms with Crippen LogP contribution in [0, 0.1) is 0 Å². The average Bonchev–Trinajstić information content (AvgIpc) is 3.29. The summed E-state index contributed by atoms with van der Waals surface area (Å²) in [4.78, 5) is 36.8. The smallest absolute Gasteiger partial charge is 0.251 e. The standard InChI is InChI=1S/C25H28N4O4/c1-25(2,3)29-24(32)18-6-4-7-20(14-18)28-22(30)16-26-19-11-9-17(10-12-19)23(31)27-15-21-8-5-13-33-21/h4-14,26H,15-16H2,1-3H3,(H,27,31)(H,28,30)(H,29,32). The summed E-state index contributed by atoms with van der Waals surface area (Å²) >= 11 is 0. The predicted octanol–water partition coefficient (Wildman–Crippen LogP) is 3.79. The minimum absolute atomic E-state index is 0.0302. The van der Waals surface area contributed by atoms with Crippen LogP contribution in [0.1, 0.15) is 47.2 Å². The molecule has 0 unspecified atom stereocenters. The van der Waals surface area contributed by atoms with Gasteiger partial charge in [0.2, 0.25) is 5.91 Å². The summed E-state index contributed by atoms with van der Waals surface area (Å²) in [6, 6.07) is 17.1. The van der Waals surface area contributed by atoms with Gasteiger partial charge in [-0.1, -0.05) is 6.07 Å². The quantitative estimate of drug-likeness (QED) is 0.419. The molecule has 4 N–H and O–H groups in total. The first-order chi connectivity index (χ1) is 15.7. The number of carbonyl (C=O) groups is 3. The summed E-state index contributed by atoms with van der Waals surface area (Å²) < 4.78 is 5.19. The summed E-state index contributed by atoms with van der Waals surface area (Å²) in [7, 11) is 0. The molecular weight excluding hydrogens is 420 g/mol. The van der Waals surface area contributed by atoms with Gasteiger partial charge in [-0.2, -0.15) is 0 Å². The Kier molecular flexibility index (Phi) is 7.50. The number of benzene rings is 2. The third-order valence-corrected chi connectivity index (χ3v) is 4.50. The Hall–Kier alpha value is -4.07. The van der Waals surface area contributed by atoms with Gasteiger partial charge in [-0.3, -0.25) is 14.4 Å². The van der Waals surface area contributed by atoms with Crippen molar-refractivity contribution in [1.29, 1.82) is 0 Å². The summed E-state index contributed by atoms with van der Waals surface area (Å²) in [5.74, 6) is -0.00672. The molecule has 0 aliphatic rings. The molecule has 8 nitrogen and oxygen atoms in total. The van der Waals surface area contributed by atoms with E-state index in [1.807, 2.05) is 20.8 Å². The highest BCUT2D eigenvalue weighted by Crippen LogP contribution is 2.13. The second-order valence-electron chi connectivity index (χ2n) is 8.53. The highest BCUT2D eigenvalue weighted by Gasteiger charge is 2.15. The molecule has 8 heteroatoms. The van der Waals surface area contributed by atoms with E-state index in [2.05, 4.69) is 21.3 Å². The van der Waals surface area contributed by atoms with Crippen LogP contribution in [-0.4, -0.2) is 29.8 Å². The van der Waals surface area contributed by atoms with Gasteiger partial charge in [-0.05, 0) is 75.4 Å². The molecule has 3 rings (SSSR count). The fourth-order valence-electron chi connectivity index (χ4n) is 2.96. The first-order valence-corrected chi connectivity index (χ1v) is 10.6. The fraction of sp³-hybridized carbons (Fsp3) is 0.240. The molecule has 1 heterocycles. The number of nitrogens with one attached hydrogen (secondary N) is 4. The van der Waals surface area contributed by atoms with Gasteiger partial charge in [-0.25, -0.2) is 0 Å². The number of carbonyl (C=O) groups excluding carboxylic acids is 3. The molecule has 0 spiro atoms. The van der Waals surface area contributed by atoms with Crippen molar-refractivity contribution in [2.24, 2.45) is 0 Å². The molecule has 3 aromatic rings. The van der Waals surface area contributed by atoms with Gasteiger partial charge in [0.25, 0.3) is 11.8 Å². The van der Waals surface area contributed by atoms with Crippen LogP contribution < -0.4 is 21.3 Å². The van der Waals surface area contributed by atoms with Crippen LogP contribution in [0.4, 0.5) is 11.4 Å². The van der Waals surface area contributed by atoms with Crippen LogP contribution in [0.2, 0.25) is 0 Å². The van der Waals surface area contributed by atoms with Crippen molar-refractivity contribution < 1.29 is 18.8 Å².